The number of carbonyl (C=O) groups is 1. The normalized spacial score (nSPS) is 28.7. The van der Waals surface area contributed by atoms with Gasteiger partial charge in [0, 0.05) is 6.42 Å². The second kappa shape index (κ2) is 51.2. The molecule has 0 saturated carbocycles. The fourth-order valence-electron chi connectivity index (χ4n) is 11.8. The highest BCUT2D eigenvalue weighted by atomic mass is 16.8. The molecule has 17 unspecified atom stereocenters. The Labute approximate surface area is 529 Å². The quantitative estimate of drug-likeness (QED) is 0.0200. The zero-order chi connectivity index (χ0) is 64.0. The van der Waals surface area contributed by atoms with E-state index in [0.717, 1.165) is 64.2 Å². The minimum atomic E-state index is -1.98. The molecule has 3 aliphatic rings. The van der Waals surface area contributed by atoms with Crippen molar-refractivity contribution in [1.82, 2.24) is 5.32 Å². The first kappa shape index (κ1) is 80.0. The molecule has 0 aromatic rings. The first-order chi connectivity index (χ1) is 42.8. The van der Waals surface area contributed by atoms with Crippen molar-refractivity contribution < 1.29 is 89.4 Å². The number of hydrogen-bond donors (Lipinski definition) is 12. The maximum absolute atomic E-state index is 13.4. The average Bonchev–Trinajstić information content (AvgIpc) is 3.59. The van der Waals surface area contributed by atoms with E-state index in [9.17, 15) is 61.0 Å². The zero-order valence-electron chi connectivity index (χ0n) is 54.2. The van der Waals surface area contributed by atoms with Crippen molar-refractivity contribution in [2.24, 2.45) is 0 Å². The zero-order valence-corrected chi connectivity index (χ0v) is 54.2. The third-order valence-electron chi connectivity index (χ3n) is 17.4. The second-order valence-electron chi connectivity index (χ2n) is 25.0. The number of carbonyl (C=O) groups excluding carboxylic acids is 1. The third kappa shape index (κ3) is 33.0. The summed E-state index contributed by atoms with van der Waals surface area (Å²) in [5, 5.41) is 121. The van der Waals surface area contributed by atoms with E-state index in [4.69, 9.17) is 28.4 Å². The molecule has 3 aliphatic heterocycles. The predicted octanol–water partition coefficient (Wildman–Crippen LogP) is 9.00. The van der Waals surface area contributed by atoms with Crippen LogP contribution in [-0.2, 0) is 33.2 Å². The van der Waals surface area contributed by atoms with Gasteiger partial charge < -0.3 is 89.9 Å². The van der Waals surface area contributed by atoms with Gasteiger partial charge in [-0.2, -0.15) is 0 Å². The smallest absolute Gasteiger partial charge is 0.220 e. The summed E-state index contributed by atoms with van der Waals surface area (Å²) in [5.74, 6) is -0.282. The van der Waals surface area contributed by atoms with Crippen LogP contribution in [0.1, 0.15) is 251 Å². The van der Waals surface area contributed by atoms with Gasteiger partial charge in [-0.05, 0) is 51.4 Å². The fourth-order valence-corrected chi connectivity index (χ4v) is 11.8. The van der Waals surface area contributed by atoms with E-state index in [1.54, 1.807) is 0 Å². The van der Waals surface area contributed by atoms with E-state index in [1.807, 2.05) is 0 Å². The molecule has 19 nitrogen and oxygen atoms in total. The van der Waals surface area contributed by atoms with Crippen molar-refractivity contribution in [3.05, 3.63) is 48.6 Å². The number of aliphatic hydroxyl groups is 11. The molecule has 0 radical (unpaired) electrons. The van der Waals surface area contributed by atoms with Crippen molar-refractivity contribution in [1.29, 1.82) is 0 Å². The van der Waals surface area contributed by atoms with Crippen LogP contribution in [0.25, 0.3) is 0 Å². The van der Waals surface area contributed by atoms with E-state index < -0.39 is 124 Å². The maximum Gasteiger partial charge on any atom is 0.220 e. The summed E-state index contributed by atoms with van der Waals surface area (Å²) in [6.07, 6.45) is 33.6. The molecule has 3 saturated heterocycles. The summed E-state index contributed by atoms with van der Waals surface area (Å²) >= 11 is 0. The van der Waals surface area contributed by atoms with Gasteiger partial charge in [-0.15, -0.1) is 0 Å². The van der Waals surface area contributed by atoms with Crippen LogP contribution in [0.3, 0.4) is 0 Å². The molecule has 0 bridgehead atoms. The van der Waals surface area contributed by atoms with Gasteiger partial charge in [-0.1, -0.05) is 242 Å². The van der Waals surface area contributed by atoms with Crippen LogP contribution in [0.5, 0.6) is 0 Å². The number of nitrogens with one attached hydrogen (secondary N) is 1. The lowest BCUT2D eigenvalue weighted by Crippen LogP contribution is -2.66. The van der Waals surface area contributed by atoms with E-state index in [-0.39, 0.29) is 18.9 Å². The Morgan fingerprint density at radius 3 is 1.20 bits per heavy atom. The molecule has 1 amide bonds. The molecule has 19 heteroatoms. The van der Waals surface area contributed by atoms with Gasteiger partial charge in [0.15, 0.2) is 18.9 Å². The van der Waals surface area contributed by atoms with Crippen LogP contribution in [0.15, 0.2) is 48.6 Å². The number of hydrogen-bond acceptors (Lipinski definition) is 18. The Bertz CT molecular complexity index is 1790. The monoisotopic (exact) mass is 1260 g/mol. The Morgan fingerprint density at radius 2 is 0.784 bits per heavy atom. The first-order valence-corrected chi connectivity index (χ1v) is 34.9. The summed E-state index contributed by atoms with van der Waals surface area (Å²) in [6.45, 7) is 1.66. The topological polar surface area (TPSA) is 307 Å². The van der Waals surface area contributed by atoms with Crippen LogP contribution in [-0.4, -0.2) is 193 Å². The van der Waals surface area contributed by atoms with Gasteiger partial charge in [0.2, 0.25) is 5.91 Å². The SMILES string of the molecule is CC/C=C\C/C=C\C/C=C\C/C=C\CCCCC(=O)NC(COC1OC(CO)C(OC2OC(CO)C(OC3OC(CO)C(O)C(O)C3O)C(O)C2O)C(O)C1O)C(O)CCCCCCCCCCCCCCCCCCCCCCCCCCCCCC. The summed E-state index contributed by atoms with van der Waals surface area (Å²) in [4.78, 5) is 13.4. The van der Waals surface area contributed by atoms with Crippen LogP contribution >= 0.6 is 0 Å². The summed E-state index contributed by atoms with van der Waals surface area (Å²) in [7, 11) is 0. The van der Waals surface area contributed by atoms with Gasteiger partial charge in [0.05, 0.1) is 38.6 Å². The number of ether oxygens (including phenoxy) is 6. The van der Waals surface area contributed by atoms with E-state index >= 15 is 0 Å². The molecule has 3 heterocycles. The molecular weight excluding hydrogens is 1130 g/mol. The molecule has 3 rings (SSSR count). The van der Waals surface area contributed by atoms with Crippen molar-refractivity contribution >= 4 is 5.91 Å². The van der Waals surface area contributed by atoms with E-state index in [1.165, 1.54) is 154 Å². The minimum absolute atomic E-state index is 0.213. The van der Waals surface area contributed by atoms with Gasteiger partial charge in [0.25, 0.3) is 0 Å². The molecule has 514 valence electrons. The van der Waals surface area contributed by atoms with Crippen LogP contribution < -0.4 is 5.32 Å². The lowest BCUT2D eigenvalue weighted by Gasteiger charge is -2.48. The molecule has 0 aliphatic carbocycles. The van der Waals surface area contributed by atoms with Crippen molar-refractivity contribution in [2.45, 2.75) is 356 Å². The molecule has 0 aromatic carbocycles. The van der Waals surface area contributed by atoms with Crippen LogP contribution in [0.4, 0.5) is 0 Å². The number of aliphatic hydroxyl groups excluding tert-OH is 11. The van der Waals surface area contributed by atoms with E-state index in [0.29, 0.717) is 12.8 Å². The van der Waals surface area contributed by atoms with E-state index in [2.05, 4.69) is 67.8 Å². The second-order valence-corrected chi connectivity index (χ2v) is 25.0. The van der Waals surface area contributed by atoms with Gasteiger partial charge in [-0.25, -0.2) is 0 Å². The summed E-state index contributed by atoms with van der Waals surface area (Å²) in [6, 6.07) is -0.911. The highest BCUT2D eigenvalue weighted by Gasteiger charge is 2.53. The third-order valence-corrected chi connectivity index (χ3v) is 17.4. The first-order valence-electron chi connectivity index (χ1n) is 34.9. The Morgan fingerprint density at radius 1 is 0.420 bits per heavy atom. The molecule has 88 heavy (non-hydrogen) atoms. The molecular formula is C69H125NO18. The molecule has 12 N–H and O–H groups in total. The highest BCUT2D eigenvalue weighted by Crippen LogP contribution is 2.33. The Balaban J connectivity index is 1.41. The molecule has 0 spiro atoms. The predicted molar refractivity (Wildman–Crippen MR) is 342 cm³/mol. The molecule has 17 atom stereocenters. The molecule has 3 fully saturated rings. The van der Waals surface area contributed by atoms with Gasteiger partial charge in [-0.3, -0.25) is 4.79 Å². The van der Waals surface area contributed by atoms with Crippen molar-refractivity contribution in [2.75, 3.05) is 26.4 Å². The minimum Gasteiger partial charge on any atom is -0.394 e. The standard InChI is InChI=1S/C69H125NO18/c1-3-5-7-9-11-13-15-17-19-20-21-22-23-24-25-26-27-28-29-30-31-33-34-36-38-40-42-44-46-53(74)52(70-57(75)47-45-43-41-39-37-35-32-18-16-14-12-10-8-6-4-2)51-83-67-63(81)60(78)65(55(49-72)85-67)88-69-64(82)61(79)66(56(50-73)86-69)87-68-62(80)59(77)58(76)54(48-71)84-68/h6,8,12,14,18,32,37,39,52-56,58-69,71-74,76-82H,3-5,7,9-11,13,15-17,19-31,33-36,38,40-51H2,1-2H3,(H,70,75)/b8-6-,14-12-,32-18-,39-37-. The fraction of sp³-hybridized carbons (Fsp3) is 0.870. The largest absolute Gasteiger partial charge is 0.394 e. The summed E-state index contributed by atoms with van der Waals surface area (Å²) in [5.41, 5.74) is 0. The van der Waals surface area contributed by atoms with Crippen LogP contribution in [0.2, 0.25) is 0 Å². The van der Waals surface area contributed by atoms with Gasteiger partial charge >= 0.3 is 0 Å². The summed E-state index contributed by atoms with van der Waals surface area (Å²) < 4.78 is 34.4. The number of rotatable bonds is 53. The van der Waals surface area contributed by atoms with Crippen molar-refractivity contribution in [3.63, 3.8) is 0 Å². The molecule has 0 aromatic heterocycles. The number of amides is 1. The average molecular weight is 1260 g/mol. The van der Waals surface area contributed by atoms with Gasteiger partial charge in [0.1, 0.15) is 73.2 Å². The number of allylic oxidation sites excluding steroid dienone is 8. The Kier molecular flexibility index (Phi) is 46.5. The lowest BCUT2D eigenvalue weighted by molar-refractivity contribution is -0.379. The lowest BCUT2D eigenvalue weighted by atomic mass is 9.96. The number of unbranched alkanes of at least 4 members (excludes halogenated alkanes) is 29. The Hall–Kier alpha value is -2.25. The van der Waals surface area contributed by atoms with Crippen LogP contribution in [0, 0.1) is 0 Å². The maximum atomic E-state index is 13.4. The highest BCUT2D eigenvalue weighted by molar-refractivity contribution is 5.76. The van der Waals surface area contributed by atoms with Crippen molar-refractivity contribution in [3.8, 4) is 0 Å².